The van der Waals surface area contributed by atoms with E-state index in [0.717, 1.165) is 11.1 Å². The zero-order valence-electron chi connectivity index (χ0n) is 14.7. The summed E-state index contributed by atoms with van der Waals surface area (Å²) in [4.78, 5) is 25.9. The standard InChI is InChI=1S/C20H20N2O4/c1-3-26-18-11-14(7-8-17(18)23)10-16-19(24)22(20(25)21-16)12-15-6-4-5-13(2)9-15/h4-11,23H,3,12H2,1-2H3,(H,21,25)/b16-10+. The molecule has 1 heterocycles. The first-order chi connectivity index (χ1) is 12.5. The number of rotatable bonds is 5. The van der Waals surface area contributed by atoms with Crippen molar-refractivity contribution >= 4 is 18.0 Å². The maximum Gasteiger partial charge on any atom is 0.329 e. The molecule has 0 aromatic heterocycles. The number of nitrogens with one attached hydrogen (secondary N) is 1. The Kier molecular flexibility index (Phi) is 4.93. The number of aromatic hydroxyl groups is 1. The Morgan fingerprint density at radius 2 is 2.00 bits per heavy atom. The molecular formula is C20H20N2O4. The smallest absolute Gasteiger partial charge is 0.329 e. The summed E-state index contributed by atoms with van der Waals surface area (Å²) in [6.45, 7) is 4.40. The van der Waals surface area contributed by atoms with Gasteiger partial charge in [0.15, 0.2) is 11.5 Å². The van der Waals surface area contributed by atoms with E-state index in [4.69, 9.17) is 4.74 Å². The molecule has 1 aliphatic heterocycles. The second kappa shape index (κ2) is 7.31. The molecule has 1 saturated heterocycles. The van der Waals surface area contributed by atoms with Crippen LogP contribution in [0.1, 0.15) is 23.6 Å². The van der Waals surface area contributed by atoms with Crippen LogP contribution in [0.5, 0.6) is 11.5 Å². The van der Waals surface area contributed by atoms with Crippen LogP contribution in [0, 0.1) is 6.92 Å². The van der Waals surface area contributed by atoms with Crippen LogP contribution in [0.2, 0.25) is 0 Å². The average Bonchev–Trinajstić information content (AvgIpc) is 2.86. The van der Waals surface area contributed by atoms with E-state index in [1.54, 1.807) is 18.2 Å². The second-order valence-electron chi connectivity index (χ2n) is 6.03. The SMILES string of the molecule is CCOc1cc(/C=C2/NC(=O)N(Cc3cccc(C)c3)C2=O)ccc1O. The number of nitrogens with zero attached hydrogens (tertiary/aromatic N) is 1. The average molecular weight is 352 g/mol. The van der Waals surface area contributed by atoms with Gasteiger partial charge >= 0.3 is 6.03 Å². The Balaban J connectivity index is 1.82. The van der Waals surface area contributed by atoms with Gasteiger partial charge in [0.25, 0.3) is 5.91 Å². The van der Waals surface area contributed by atoms with Gasteiger partial charge in [-0.1, -0.05) is 35.9 Å². The van der Waals surface area contributed by atoms with Gasteiger partial charge in [0, 0.05) is 0 Å². The molecule has 0 aliphatic carbocycles. The van der Waals surface area contributed by atoms with Crippen LogP contribution < -0.4 is 10.1 Å². The summed E-state index contributed by atoms with van der Waals surface area (Å²) in [5, 5.41) is 12.4. The van der Waals surface area contributed by atoms with Crippen LogP contribution in [-0.4, -0.2) is 28.6 Å². The number of imide groups is 1. The molecule has 0 bridgehead atoms. The van der Waals surface area contributed by atoms with Crippen LogP contribution in [0.25, 0.3) is 6.08 Å². The normalized spacial score (nSPS) is 15.5. The molecule has 134 valence electrons. The number of carbonyl (C=O) groups excluding carboxylic acids is 2. The third-order valence-electron chi connectivity index (χ3n) is 3.98. The van der Waals surface area contributed by atoms with Crippen molar-refractivity contribution in [2.45, 2.75) is 20.4 Å². The first kappa shape index (κ1) is 17.5. The predicted octanol–water partition coefficient (Wildman–Crippen LogP) is 3.19. The van der Waals surface area contributed by atoms with Crippen LogP contribution in [0.15, 0.2) is 48.2 Å². The van der Waals surface area contributed by atoms with Gasteiger partial charge in [-0.2, -0.15) is 0 Å². The van der Waals surface area contributed by atoms with Crippen LogP contribution in [0.3, 0.4) is 0 Å². The van der Waals surface area contributed by atoms with Gasteiger partial charge in [0.05, 0.1) is 13.2 Å². The number of ether oxygens (including phenoxy) is 1. The number of aryl methyl sites for hydroxylation is 1. The zero-order chi connectivity index (χ0) is 18.7. The summed E-state index contributed by atoms with van der Waals surface area (Å²) >= 11 is 0. The Bertz CT molecular complexity index is 889. The highest BCUT2D eigenvalue weighted by Gasteiger charge is 2.33. The third kappa shape index (κ3) is 3.69. The summed E-state index contributed by atoms with van der Waals surface area (Å²) in [7, 11) is 0. The molecule has 0 radical (unpaired) electrons. The Hall–Kier alpha value is -3.28. The van der Waals surface area contributed by atoms with Gasteiger partial charge in [-0.25, -0.2) is 4.79 Å². The molecule has 0 spiro atoms. The molecule has 1 aliphatic rings. The van der Waals surface area contributed by atoms with E-state index in [1.807, 2.05) is 38.1 Å². The largest absolute Gasteiger partial charge is 0.504 e. The van der Waals surface area contributed by atoms with Gasteiger partial charge in [0.2, 0.25) is 0 Å². The van der Waals surface area contributed by atoms with Crippen LogP contribution in [0.4, 0.5) is 4.79 Å². The number of benzene rings is 2. The lowest BCUT2D eigenvalue weighted by atomic mass is 10.1. The summed E-state index contributed by atoms with van der Waals surface area (Å²) in [5.74, 6) is -0.0327. The molecule has 2 N–H and O–H groups in total. The summed E-state index contributed by atoms with van der Waals surface area (Å²) < 4.78 is 5.34. The van der Waals surface area contributed by atoms with Gasteiger partial charge < -0.3 is 15.2 Å². The highest BCUT2D eigenvalue weighted by atomic mass is 16.5. The number of carbonyl (C=O) groups is 2. The molecule has 6 nitrogen and oxygen atoms in total. The minimum absolute atomic E-state index is 0.0249. The number of phenolic OH excluding ortho intramolecular Hbond substituents is 1. The fraction of sp³-hybridized carbons (Fsp3) is 0.200. The summed E-state index contributed by atoms with van der Waals surface area (Å²) in [6.07, 6.45) is 1.57. The number of hydrogen-bond donors (Lipinski definition) is 2. The van der Waals surface area contributed by atoms with E-state index in [2.05, 4.69) is 5.32 Å². The lowest BCUT2D eigenvalue weighted by Crippen LogP contribution is -2.30. The highest BCUT2D eigenvalue weighted by molar-refractivity contribution is 6.13. The second-order valence-corrected chi connectivity index (χ2v) is 6.03. The van der Waals surface area contributed by atoms with Gasteiger partial charge in [-0.15, -0.1) is 0 Å². The molecule has 0 unspecified atom stereocenters. The maximum atomic E-state index is 12.6. The number of hydrogen-bond acceptors (Lipinski definition) is 4. The molecule has 3 rings (SSSR count). The quantitative estimate of drug-likeness (QED) is 0.640. The summed E-state index contributed by atoms with van der Waals surface area (Å²) in [5.41, 5.74) is 2.79. The Morgan fingerprint density at radius 3 is 2.73 bits per heavy atom. The van der Waals surface area contributed by atoms with Crippen molar-refractivity contribution in [3.05, 3.63) is 64.9 Å². The Labute approximate surface area is 151 Å². The molecule has 2 aromatic carbocycles. The minimum Gasteiger partial charge on any atom is -0.504 e. The van der Waals surface area contributed by atoms with E-state index >= 15 is 0 Å². The van der Waals surface area contributed by atoms with Gasteiger partial charge in [-0.05, 0) is 43.2 Å². The van der Waals surface area contributed by atoms with Crippen molar-refractivity contribution in [2.75, 3.05) is 6.61 Å². The van der Waals surface area contributed by atoms with E-state index in [9.17, 15) is 14.7 Å². The van der Waals surface area contributed by atoms with Crippen molar-refractivity contribution in [3.63, 3.8) is 0 Å². The van der Waals surface area contributed by atoms with Gasteiger partial charge in [0.1, 0.15) is 5.70 Å². The molecule has 0 atom stereocenters. The fourth-order valence-electron chi connectivity index (χ4n) is 2.77. The highest BCUT2D eigenvalue weighted by Crippen LogP contribution is 2.28. The van der Waals surface area contributed by atoms with Crippen molar-refractivity contribution in [1.29, 1.82) is 0 Å². The third-order valence-corrected chi connectivity index (χ3v) is 3.98. The predicted molar refractivity (Wildman–Crippen MR) is 97.5 cm³/mol. The minimum atomic E-state index is -0.452. The van der Waals surface area contributed by atoms with Crippen molar-refractivity contribution < 1.29 is 19.4 Å². The van der Waals surface area contributed by atoms with Crippen LogP contribution >= 0.6 is 0 Å². The summed E-state index contributed by atoms with van der Waals surface area (Å²) in [6, 6.07) is 12.0. The van der Waals surface area contributed by atoms with E-state index in [-0.39, 0.29) is 23.9 Å². The van der Waals surface area contributed by atoms with Crippen molar-refractivity contribution in [1.82, 2.24) is 10.2 Å². The van der Waals surface area contributed by atoms with Gasteiger partial charge in [-0.3, -0.25) is 9.69 Å². The van der Waals surface area contributed by atoms with E-state index in [1.165, 1.54) is 11.0 Å². The molecule has 6 heteroatoms. The molecule has 3 amide bonds. The molecular weight excluding hydrogens is 332 g/mol. The lowest BCUT2D eigenvalue weighted by molar-refractivity contribution is -0.123. The van der Waals surface area contributed by atoms with E-state index in [0.29, 0.717) is 17.9 Å². The molecule has 2 aromatic rings. The monoisotopic (exact) mass is 352 g/mol. The number of phenols is 1. The first-order valence-corrected chi connectivity index (χ1v) is 8.34. The maximum absolute atomic E-state index is 12.6. The first-order valence-electron chi connectivity index (χ1n) is 8.34. The molecule has 1 fully saturated rings. The van der Waals surface area contributed by atoms with Crippen LogP contribution in [-0.2, 0) is 11.3 Å². The fourth-order valence-corrected chi connectivity index (χ4v) is 2.77. The van der Waals surface area contributed by atoms with E-state index < -0.39 is 6.03 Å². The number of amides is 3. The topological polar surface area (TPSA) is 78.9 Å². The Morgan fingerprint density at radius 1 is 1.19 bits per heavy atom. The molecule has 26 heavy (non-hydrogen) atoms. The number of urea groups is 1. The molecule has 0 saturated carbocycles. The zero-order valence-corrected chi connectivity index (χ0v) is 14.7. The van der Waals surface area contributed by atoms with Crippen molar-refractivity contribution in [2.24, 2.45) is 0 Å². The van der Waals surface area contributed by atoms with Crippen molar-refractivity contribution in [3.8, 4) is 11.5 Å². The lowest BCUT2D eigenvalue weighted by Gasteiger charge is -2.12.